The van der Waals surface area contributed by atoms with Crippen LogP contribution in [0.25, 0.3) is 0 Å². The molecule has 0 aromatic carbocycles. The van der Waals surface area contributed by atoms with Gasteiger partial charge in [0.05, 0.1) is 4.34 Å². The van der Waals surface area contributed by atoms with Crippen LogP contribution in [0.15, 0.2) is 12.1 Å². The number of nitrogens with one attached hydrogen (secondary N) is 2. The lowest BCUT2D eigenvalue weighted by molar-refractivity contribution is -0.118. The molecule has 0 saturated heterocycles. The first-order chi connectivity index (χ1) is 6.68. The largest absolute Gasteiger partial charge is 0.355 e. The average Bonchev–Trinajstić information content (AvgIpc) is 2.50. The van der Waals surface area contributed by atoms with E-state index in [4.69, 9.17) is 11.6 Å². The third kappa shape index (κ3) is 4.60. The standard InChI is InChI=1S/C9H13ClN2OS/c1-7(13)12-5-4-11-6-8-2-3-9(10)14-8/h2-3,11H,4-6H2,1H3,(H,12,13). The van der Waals surface area contributed by atoms with Crippen molar-refractivity contribution >= 4 is 28.8 Å². The molecule has 0 fully saturated rings. The molecular formula is C9H13ClN2OS. The Balaban J connectivity index is 2.07. The third-order valence-electron chi connectivity index (χ3n) is 1.60. The fraction of sp³-hybridized carbons (Fsp3) is 0.444. The minimum absolute atomic E-state index is 0.00553. The zero-order valence-corrected chi connectivity index (χ0v) is 9.54. The van der Waals surface area contributed by atoms with Crippen molar-refractivity contribution < 1.29 is 4.79 Å². The second kappa shape index (κ2) is 6.01. The molecule has 0 atom stereocenters. The summed E-state index contributed by atoms with van der Waals surface area (Å²) < 4.78 is 0.809. The van der Waals surface area contributed by atoms with Gasteiger partial charge in [-0.3, -0.25) is 4.79 Å². The van der Waals surface area contributed by atoms with Crippen LogP contribution < -0.4 is 10.6 Å². The molecule has 1 aromatic rings. The molecule has 0 spiro atoms. The molecule has 5 heteroatoms. The Labute approximate surface area is 92.5 Å². The Kier molecular flexibility index (Phi) is 4.93. The van der Waals surface area contributed by atoms with Crippen LogP contribution in [0.4, 0.5) is 0 Å². The van der Waals surface area contributed by atoms with E-state index in [0.29, 0.717) is 6.54 Å². The predicted molar refractivity (Wildman–Crippen MR) is 59.7 cm³/mol. The zero-order chi connectivity index (χ0) is 10.4. The van der Waals surface area contributed by atoms with Crippen molar-refractivity contribution in [1.82, 2.24) is 10.6 Å². The molecule has 0 aliphatic carbocycles. The molecule has 1 rings (SSSR count). The first-order valence-corrected chi connectivity index (χ1v) is 5.57. The second-order valence-electron chi connectivity index (χ2n) is 2.87. The summed E-state index contributed by atoms with van der Waals surface area (Å²) >= 11 is 7.34. The van der Waals surface area contributed by atoms with E-state index in [2.05, 4.69) is 10.6 Å². The van der Waals surface area contributed by atoms with Gasteiger partial charge in [0.2, 0.25) is 5.91 Å². The van der Waals surface area contributed by atoms with Gasteiger partial charge in [-0.25, -0.2) is 0 Å². The van der Waals surface area contributed by atoms with Gasteiger partial charge in [0.25, 0.3) is 0 Å². The van der Waals surface area contributed by atoms with E-state index in [1.165, 1.54) is 11.8 Å². The van der Waals surface area contributed by atoms with E-state index in [0.717, 1.165) is 17.4 Å². The van der Waals surface area contributed by atoms with Gasteiger partial charge >= 0.3 is 0 Å². The lowest BCUT2D eigenvalue weighted by atomic mass is 10.4. The normalized spacial score (nSPS) is 10.1. The first-order valence-electron chi connectivity index (χ1n) is 4.38. The summed E-state index contributed by atoms with van der Waals surface area (Å²) in [6, 6.07) is 3.88. The topological polar surface area (TPSA) is 41.1 Å². The number of hydrogen-bond donors (Lipinski definition) is 2. The van der Waals surface area contributed by atoms with E-state index < -0.39 is 0 Å². The molecule has 0 aliphatic heterocycles. The van der Waals surface area contributed by atoms with Gasteiger partial charge < -0.3 is 10.6 Å². The van der Waals surface area contributed by atoms with E-state index in [1.807, 2.05) is 12.1 Å². The van der Waals surface area contributed by atoms with Crippen molar-refractivity contribution in [3.05, 3.63) is 21.3 Å². The summed E-state index contributed by atoms with van der Waals surface area (Å²) in [4.78, 5) is 11.7. The van der Waals surface area contributed by atoms with Crippen LogP contribution in [0.3, 0.4) is 0 Å². The molecule has 0 bridgehead atoms. The van der Waals surface area contributed by atoms with E-state index in [1.54, 1.807) is 11.3 Å². The maximum Gasteiger partial charge on any atom is 0.216 e. The van der Waals surface area contributed by atoms with Gasteiger partial charge in [0.15, 0.2) is 0 Å². The Morgan fingerprint density at radius 1 is 1.50 bits per heavy atom. The Bertz CT molecular complexity index is 301. The molecule has 2 N–H and O–H groups in total. The fourth-order valence-corrected chi connectivity index (χ4v) is 2.04. The minimum atomic E-state index is 0.00553. The van der Waals surface area contributed by atoms with Crippen molar-refractivity contribution in [2.24, 2.45) is 0 Å². The maximum atomic E-state index is 10.5. The number of halogens is 1. The number of thiophene rings is 1. The van der Waals surface area contributed by atoms with Crippen molar-refractivity contribution in [3.8, 4) is 0 Å². The van der Waals surface area contributed by atoms with Gasteiger partial charge in [-0.15, -0.1) is 11.3 Å². The number of carbonyl (C=O) groups is 1. The van der Waals surface area contributed by atoms with Gasteiger partial charge in [-0.05, 0) is 12.1 Å². The van der Waals surface area contributed by atoms with Crippen LogP contribution in [0.2, 0.25) is 4.34 Å². The second-order valence-corrected chi connectivity index (χ2v) is 4.67. The fourth-order valence-electron chi connectivity index (χ4n) is 0.985. The van der Waals surface area contributed by atoms with Gasteiger partial charge in [-0.1, -0.05) is 11.6 Å². The highest BCUT2D eigenvalue weighted by Gasteiger charge is 1.96. The zero-order valence-electron chi connectivity index (χ0n) is 7.97. The lowest BCUT2D eigenvalue weighted by Gasteiger charge is -2.03. The quantitative estimate of drug-likeness (QED) is 0.758. The summed E-state index contributed by atoms with van der Waals surface area (Å²) in [5.41, 5.74) is 0. The van der Waals surface area contributed by atoms with Gasteiger partial charge in [-0.2, -0.15) is 0 Å². The van der Waals surface area contributed by atoms with E-state index in [9.17, 15) is 4.79 Å². The number of rotatable bonds is 5. The number of hydrogen-bond acceptors (Lipinski definition) is 3. The number of carbonyl (C=O) groups excluding carboxylic acids is 1. The molecule has 1 amide bonds. The Hall–Kier alpha value is -0.580. The minimum Gasteiger partial charge on any atom is -0.355 e. The first kappa shape index (κ1) is 11.5. The Morgan fingerprint density at radius 2 is 2.29 bits per heavy atom. The predicted octanol–water partition coefficient (Wildman–Crippen LogP) is 1.63. The van der Waals surface area contributed by atoms with Gasteiger partial charge in [0.1, 0.15) is 0 Å². The molecule has 0 aliphatic rings. The van der Waals surface area contributed by atoms with Crippen molar-refractivity contribution in [2.45, 2.75) is 13.5 Å². The molecule has 0 unspecified atom stereocenters. The van der Waals surface area contributed by atoms with Crippen LogP contribution in [0.5, 0.6) is 0 Å². The van der Waals surface area contributed by atoms with Crippen LogP contribution in [-0.4, -0.2) is 19.0 Å². The maximum absolute atomic E-state index is 10.5. The summed E-state index contributed by atoms with van der Waals surface area (Å²) in [5, 5.41) is 5.92. The average molecular weight is 233 g/mol. The lowest BCUT2D eigenvalue weighted by Crippen LogP contribution is -2.29. The van der Waals surface area contributed by atoms with E-state index in [-0.39, 0.29) is 5.91 Å². The third-order valence-corrected chi connectivity index (χ3v) is 2.83. The smallest absolute Gasteiger partial charge is 0.216 e. The summed E-state index contributed by atoms with van der Waals surface area (Å²) in [6.07, 6.45) is 0. The van der Waals surface area contributed by atoms with Crippen LogP contribution in [-0.2, 0) is 11.3 Å². The van der Waals surface area contributed by atoms with Crippen LogP contribution in [0, 0.1) is 0 Å². The monoisotopic (exact) mass is 232 g/mol. The molecule has 3 nitrogen and oxygen atoms in total. The summed E-state index contributed by atoms with van der Waals surface area (Å²) in [5.74, 6) is 0.00553. The SMILES string of the molecule is CC(=O)NCCNCc1ccc(Cl)s1. The van der Waals surface area contributed by atoms with E-state index >= 15 is 0 Å². The number of amides is 1. The van der Waals surface area contributed by atoms with Crippen LogP contribution >= 0.6 is 22.9 Å². The van der Waals surface area contributed by atoms with Crippen molar-refractivity contribution in [3.63, 3.8) is 0 Å². The van der Waals surface area contributed by atoms with Crippen molar-refractivity contribution in [2.75, 3.05) is 13.1 Å². The molecule has 1 aromatic heterocycles. The summed E-state index contributed by atoms with van der Waals surface area (Å²) in [6.45, 7) is 3.75. The molecule has 78 valence electrons. The van der Waals surface area contributed by atoms with Crippen LogP contribution in [0.1, 0.15) is 11.8 Å². The molecule has 0 saturated carbocycles. The molecule has 0 radical (unpaired) electrons. The highest BCUT2D eigenvalue weighted by atomic mass is 35.5. The van der Waals surface area contributed by atoms with Gasteiger partial charge in [0, 0.05) is 31.4 Å². The molecule has 1 heterocycles. The Morgan fingerprint density at radius 3 is 2.86 bits per heavy atom. The highest BCUT2D eigenvalue weighted by molar-refractivity contribution is 7.16. The van der Waals surface area contributed by atoms with Crippen molar-refractivity contribution in [1.29, 1.82) is 0 Å². The highest BCUT2D eigenvalue weighted by Crippen LogP contribution is 2.20. The summed E-state index contributed by atoms with van der Waals surface area (Å²) in [7, 11) is 0. The molecular weight excluding hydrogens is 220 g/mol. The molecule has 14 heavy (non-hydrogen) atoms.